The van der Waals surface area contributed by atoms with Gasteiger partial charge in [-0.3, -0.25) is 0 Å². The van der Waals surface area contributed by atoms with Gasteiger partial charge in [0, 0.05) is 68.8 Å². The molecule has 0 aromatic carbocycles. The number of nitrogens with zero attached hydrogens (tertiary/aromatic N) is 8. The lowest BCUT2D eigenvalue weighted by Gasteiger charge is -2.36. The van der Waals surface area contributed by atoms with Gasteiger partial charge in [0.1, 0.15) is 24.3 Å². The van der Waals surface area contributed by atoms with Crippen LogP contribution in [0.1, 0.15) is 30.1 Å². The summed E-state index contributed by atoms with van der Waals surface area (Å²) < 4.78 is 7.30. The van der Waals surface area contributed by atoms with E-state index in [4.69, 9.17) is 4.74 Å². The van der Waals surface area contributed by atoms with Gasteiger partial charge in [-0.2, -0.15) is 14.6 Å². The topological polar surface area (TPSA) is 84.6 Å². The van der Waals surface area contributed by atoms with Gasteiger partial charge in [0.25, 0.3) is 5.78 Å². The largest absolute Gasteiger partial charge is 0.381 e. The van der Waals surface area contributed by atoms with Crippen molar-refractivity contribution < 1.29 is 4.74 Å². The molecule has 0 radical (unpaired) electrons. The van der Waals surface area contributed by atoms with Crippen molar-refractivity contribution in [2.75, 3.05) is 49.2 Å². The normalized spacial score (nSPS) is 18.8. The van der Waals surface area contributed by atoms with Gasteiger partial charge >= 0.3 is 0 Å². The summed E-state index contributed by atoms with van der Waals surface area (Å²) in [6.45, 7) is 7.25. The molecule has 9 nitrogen and oxygen atoms in total. The zero-order valence-electron chi connectivity index (χ0n) is 16.0. The first kappa shape index (κ1) is 17.3. The Morgan fingerprint density at radius 1 is 0.929 bits per heavy atom. The van der Waals surface area contributed by atoms with Crippen LogP contribution in [-0.4, -0.2) is 68.9 Å². The highest BCUT2D eigenvalue weighted by Crippen LogP contribution is 2.27. The van der Waals surface area contributed by atoms with Crippen LogP contribution < -0.4 is 9.80 Å². The zero-order chi connectivity index (χ0) is 18.9. The number of rotatable bonds is 3. The van der Waals surface area contributed by atoms with Crippen molar-refractivity contribution in [2.24, 2.45) is 0 Å². The van der Waals surface area contributed by atoms with E-state index in [9.17, 15) is 0 Å². The third-order valence-electron chi connectivity index (χ3n) is 5.60. The molecule has 0 saturated carbocycles. The summed E-state index contributed by atoms with van der Waals surface area (Å²) in [4.78, 5) is 22.4. The van der Waals surface area contributed by atoms with E-state index in [0.717, 1.165) is 75.3 Å². The zero-order valence-corrected chi connectivity index (χ0v) is 16.0. The third kappa shape index (κ3) is 3.26. The number of anilines is 2. The predicted octanol–water partition coefficient (Wildman–Crippen LogP) is 1.44. The first-order valence-corrected chi connectivity index (χ1v) is 9.85. The van der Waals surface area contributed by atoms with Crippen LogP contribution in [0.3, 0.4) is 0 Å². The maximum Gasteiger partial charge on any atom is 0.254 e. The van der Waals surface area contributed by atoms with Crippen LogP contribution in [0.25, 0.3) is 5.78 Å². The number of aryl methyl sites for hydroxylation is 1. The molecule has 0 spiro atoms. The summed E-state index contributed by atoms with van der Waals surface area (Å²) in [6, 6.07) is 4.24. The van der Waals surface area contributed by atoms with E-state index >= 15 is 0 Å². The van der Waals surface area contributed by atoms with Crippen molar-refractivity contribution in [3.8, 4) is 0 Å². The van der Waals surface area contributed by atoms with Crippen molar-refractivity contribution in [1.29, 1.82) is 0 Å². The molecule has 146 valence electrons. The Hall–Kier alpha value is -2.81. The van der Waals surface area contributed by atoms with E-state index in [1.54, 1.807) is 12.7 Å². The molecule has 0 atom stereocenters. The molecular weight excluding hydrogens is 356 g/mol. The third-order valence-corrected chi connectivity index (χ3v) is 5.60. The molecule has 2 saturated heterocycles. The van der Waals surface area contributed by atoms with Gasteiger partial charge < -0.3 is 14.5 Å². The van der Waals surface area contributed by atoms with Gasteiger partial charge in [-0.15, -0.1) is 0 Å². The highest BCUT2D eigenvalue weighted by atomic mass is 16.5. The molecule has 2 fully saturated rings. The fourth-order valence-corrected chi connectivity index (χ4v) is 4.05. The van der Waals surface area contributed by atoms with E-state index in [1.165, 1.54) is 0 Å². The standard InChI is InChI=1S/C19H24N8O/c1-14-10-18(27-19(24-14)22-13-23-27)26-6-4-25(5-7-26)17-11-16(20-12-21-17)15-2-8-28-9-3-15/h10-13,15H,2-9H2,1H3. The monoisotopic (exact) mass is 380 g/mol. The van der Waals surface area contributed by atoms with E-state index < -0.39 is 0 Å². The summed E-state index contributed by atoms with van der Waals surface area (Å²) >= 11 is 0. The van der Waals surface area contributed by atoms with Gasteiger partial charge in [-0.1, -0.05) is 0 Å². The van der Waals surface area contributed by atoms with Crippen LogP contribution in [0.15, 0.2) is 24.8 Å². The Balaban J connectivity index is 1.31. The van der Waals surface area contributed by atoms with Gasteiger partial charge in [0.2, 0.25) is 0 Å². The Labute approximate surface area is 163 Å². The van der Waals surface area contributed by atoms with Crippen molar-refractivity contribution in [3.63, 3.8) is 0 Å². The van der Waals surface area contributed by atoms with Crippen molar-refractivity contribution >= 4 is 17.4 Å². The van der Waals surface area contributed by atoms with Crippen molar-refractivity contribution in [3.05, 3.63) is 36.2 Å². The first-order chi connectivity index (χ1) is 13.8. The predicted molar refractivity (Wildman–Crippen MR) is 105 cm³/mol. The van der Waals surface area contributed by atoms with E-state index in [1.807, 2.05) is 11.4 Å². The number of aromatic nitrogens is 6. The number of hydrogen-bond acceptors (Lipinski definition) is 8. The smallest absolute Gasteiger partial charge is 0.254 e. The highest BCUT2D eigenvalue weighted by molar-refractivity contribution is 5.50. The molecular formula is C19H24N8O. The van der Waals surface area contributed by atoms with E-state index in [2.05, 4.69) is 47.0 Å². The number of ether oxygens (including phenoxy) is 1. The first-order valence-electron chi connectivity index (χ1n) is 9.85. The Morgan fingerprint density at radius 2 is 1.71 bits per heavy atom. The van der Waals surface area contributed by atoms with Gasteiger partial charge in [0.15, 0.2) is 0 Å². The molecule has 0 unspecified atom stereocenters. The minimum atomic E-state index is 0.484. The lowest BCUT2D eigenvalue weighted by molar-refractivity contribution is 0.0845. The molecule has 3 aromatic heterocycles. The summed E-state index contributed by atoms with van der Waals surface area (Å²) in [5.41, 5.74) is 2.10. The van der Waals surface area contributed by atoms with Crippen LogP contribution in [0.4, 0.5) is 11.6 Å². The minimum Gasteiger partial charge on any atom is -0.381 e. The second-order valence-electron chi connectivity index (χ2n) is 7.39. The molecule has 3 aromatic rings. The molecule has 0 N–H and O–H groups in total. The second-order valence-corrected chi connectivity index (χ2v) is 7.39. The molecule has 2 aliphatic rings. The van der Waals surface area contributed by atoms with Crippen LogP contribution in [0, 0.1) is 6.92 Å². The maximum atomic E-state index is 5.48. The summed E-state index contributed by atoms with van der Waals surface area (Å²) in [6.07, 6.45) is 5.34. The molecule has 0 aliphatic carbocycles. The summed E-state index contributed by atoms with van der Waals surface area (Å²) in [5, 5.41) is 4.33. The summed E-state index contributed by atoms with van der Waals surface area (Å²) in [7, 11) is 0. The fourth-order valence-electron chi connectivity index (χ4n) is 4.05. The Morgan fingerprint density at radius 3 is 2.54 bits per heavy atom. The molecule has 9 heteroatoms. The SMILES string of the molecule is Cc1cc(N2CCN(c3cc(C4CCOCC4)ncn3)CC2)n2ncnc2n1. The molecule has 5 rings (SSSR count). The number of piperazine rings is 1. The van der Waals surface area contributed by atoms with Gasteiger partial charge in [-0.05, 0) is 19.8 Å². The molecule has 28 heavy (non-hydrogen) atoms. The second kappa shape index (κ2) is 7.31. The number of fused-ring (bicyclic) bond motifs is 1. The average molecular weight is 380 g/mol. The highest BCUT2D eigenvalue weighted by Gasteiger charge is 2.23. The van der Waals surface area contributed by atoms with Crippen molar-refractivity contribution in [2.45, 2.75) is 25.7 Å². The molecule has 0 amide bonds. The Kier molecular flexibility index (Phi) is 4.52. The Bertz CT molecular complexity index is 959. The van der Waals surface area contributed by atoms with Crippen LogP contribution in [0.5, 0.6) is 0 Å². The molecule has 0 bridgehead atoms. The van der Waals surface area contributed by atoms with Gasteiger partial charge in [-0.25, -0.2) is 15.0 Å². The quantitative estimate of drug-likeness (QED) is 0.675. The lowest BCUT2D eigenvalue weighted by atomic mass is 9.96. The lowest BCUT2D eigenvalue weighted by Crippen LogP contribution is -2.47. The van der Waals surface area contributed by atoms with Crippen LogP contribution >= 0.6 is 0 Å². The van der Waals surface area contributed by atoms with Crippen molar-refractivity contribution in [1.82, 2.24) is 29.5 Å². The summed E-state index contributed by atoms with van der Waals surface area (Å²) in [5.74, 6) is 3.20. The molecule has 2 aliphatic heterocycles. The van der Waals surface area contributed by atoms with E-state index in [0.29, 0.717) is 11.7 Å². The maximum absolute atomic E-state index is 5.48. The fraction of sp³-hybridized carbons (Fsp3) is 0.526. The van der Waals surface area contributed by atoms with Crippen LogP contribution in [0.2, 0.25) is 0 Å². The average Bonchev–Trinajstić information content (AvgIpc) is 3.22. The van der Waals surface area contributed by atoms with Crippen LogP contribution in [-0.2, 0) is 4.74 Å². The molecule has 5 heterocycles. The minimum absolute atomic E-state index is 0.484. The van der Waals surface area contributed by atoms with E-state index in [-0.39, 0.29) is 0 Å². The number of hydrogen-bond donors (Lipinski definition) is 0. The van der Waals surface area contributed by atoms with Gasteiger partial charge in [0.05, 0.1) is 0 Å².